The summed E-state index contributed by atoms with van der Waals surface area (Å²) in [6.07, 6.45) is -4.18. The van der Waals surface area contributed by atoms with Crippen LogP contribution in [0.5, 0.6) is 0 Å². The molecule has 0 aliphatic heterocycles. The number of benzene rings is 1. The van der Waals surface area contributed by atoms with Gasteiger partial charge in [-0.2, -0.15) is 13.2 Å². The summed E-state index contributed by atoms with van der Waals surface area (Å²) < 4.78 is 36.7. The third-order valence-electron chi connectivity index (χ3n) is 2.91. The Bertz CT molecular complexity index is 488. The molecule has 0 saturated carbocycles. The zero-order chi connectivity index (χ0) is 17.3. The zero-order valence-corrected chi connectivity index (χ0v) is 14.0. The first-order valence-corrected chi connectivity index (χ1v) is 7.70. The molecule has 1 aromatic carbocycles. The van der Waals surface area contributed by atoms with Crippen LogP contribution in [0.2, 0.25) is 5.02 Å². The largest absolute Gasteiger partial charge is 0.401 e. The molecule has 0 radical (unpaired) electrons. The Morgan fingerprint density at radius 1 is 1.22 bits per heavy atom. The molecule has 0 heterocycles. The SMILES string of the molecule is CCNC(=NCc1ccc(Cl)cc1)NCCN(C)CC(F)(F)F. The summed E-state index contributed by atoms with van der Waals surface area (Å²) in [5.74, 6) is 0.572. The van der Waals surface area contributed by atoms with Crippen molar-refractivity contribution in [2.24, 2.45) is 4.99 Å². The first-order chi connectivity index (χ1) is 10.8. The summed E-state index contributed by atoms with van der Waals surface area (Å²) in [5, 5.41) is 6.74. The molecule has 0 unspecified atom stereocenters. The summed E-state index contributed by atoms with van der Waals surface area (Å²) in [5.41, 5.74) is 1.00. The molecule has 0 aromatic heterocycles. The highest BCUT2D eigenvalue weighted by Gasteiger charge is 2.28. The molecule has 130 valence electrons. The highest BCUT2D eigenvalue weighted by Crippen LogP contribution is 2.15. The van der Waals surface area contributed by atoms with Crippen LogP contribution in [0.15, 0.2) is 29.3 Å². The van der Waals surface area contributed by atoms with Crippen LogP contribution in [0.25, 0.3) is 0 Å². The zero-order valence-electron chi connectivity index (χ0n) is 13.3. The van der Waals surface area contributed by atoms with E-state index in [4.69, 9.17) is 11.6 Å². The lowest BCUT2D eigenvalue weighted by molar-refractivity contribution is -0.142. The van der Waals surface area contributed by atoms with Gasteiger partial charge in [0.1, 0.15) is 0 Å². The molecule has 2 N–H and O–H groups in total. The van der Waals surface area contributed by atoms with Gasteiger partial charge >= 0.3 is 6.18 Å². The molecular weight excluding hydrogens is 329 g/mol. The third kappa shape index (κ3) is 9.30. The van der Waals surface area contributed by atoms with Gasteiger partial charge in [0.15, 0.2) is 5.96 Å². The average molecular weight is 351 g/mol. The van der Waals surface area contributed by atoms with Gasteiger partial charge in [0.25, 0.3) is 0 Å². The van der Waals surface area contributed by atoms with E-state index in [1.54, 1.807) is 12.1 Å². The summed E-state index contributed by atoms with van der Waals surface area (Å²) in [4.78, 5) is 5.61. The molecule has 23 heavy (non-hydrogen) atoms. The van der Waals surface area contributed by atoms with Crippen LogP contribution in [0, 0.1) is 0 Å². The Morgan fingerprint density at radius 2 is 1.87 bits per heavy atom. The van der Waals surface area contributed by atoms with E-state index in [0.717, 1.165) is 5.56 Å². The Labute approximate surface area is 139 Å². The number of hydrogen-bond donors (Lipinski definition) is 2. The minimum absolute atomic E-state index is 0.269. The number of aliphatic imine (C=N–C) groups is 1. The number of nitrogens with zero attached hydrogens (tertiary/aromatic N) is 2. The lowest BCUT2D eigenvalue weighted by atomic mass is 10.2. The van der Waals surface area contributed by atoms with Crippen LogP contribution in [-0.2, 0) is 6.54 Å². The van der Waals surface area contributed by atoms with E-state index in [9.17, 15) is 13.2 Å². The molecule has 0 aliphatic rings. The number of rotatable bonds is 7. The van der Waals surface area contributed by atoms with Gasteiger partial charge in [0.2, 0.25) is 0 Å². The maximum atomic E-state index is 12.2. The van der Waals surface area contributed by atoms with Crippen molar-refractivity contribution in [1.29, 1.82) is 0 Å². The van der Waals surface area contributed by atoms with Gasteiger partial charge in [0, 0.05) is 24.7 Å². The molecule has 1 rings (SSSR count). The minimum atomic E-state index is -4.18. The number of hydrogen-bond acceptors (Lipinski definition) is 2. The summed E-state index contributed by atoms with van der Waals surface area (Å²) in [7, 11) is 1.44. The Morgan fingerprint density at radius 3 is 2.43 bits per heavy atom. The highest BCUT2D eigenvalue weighted by atomic mass is 35.5. The Balaban J connectivity index is 2.44. The van der Waals surface area contributed by atoms with Crippen LogP contribution >= 0.6 is 11.6 Å². The normalized spacial score (nSPS) is 12.6. The smallest absolute Gasteiger partial charge is 0.357 e. The Hall–Kier alpha value is -1.47. The molecule has 4 nitrogen and oxygen atoms in total. The van der Waals surface area contributed by atoms with E-state index in [1.807, 2.05) is 19.1 Å². The van der Waals surface area contributed by atoms with Crippen molar-refractivity contribution in [2.75, 3.05) is 33.2 Å². The molecule has 1 aromatic rings. The molecule has 0 amide bonds. The number of alkyl halides is 3. The van der Waals surface area contributed by atoms with Gasteiger partial charge in [-0.1, -0.05) is 23.7 Å². The van der Waals surface area contributed by atoms with Crippen molar-refractivity contribution in [1.82, 2.24) is 15.5 Å². The Kier molecular flexibility index (Phi) is 8.19. The predicted octanol–water partition coefficient (Wildman–Crippen LogP) is 2.89. The molecule has 8 heteroatoms. The second kappa shape index (κ2) is 9.62. The van der Waals surface area contributed by atoms with Crippen molar-refractivity contribution < 1.29 is 13.2 Å². The van der Waals surface area contributed by atoms with Crippen molar-refractivity contribution in [3.05, 3.63) is 34.9 Å². The fraction of sp³-hybridized carbons (Fsp3) is 0.533. The number of halogens is 4. The maximum Gasteiger partial charge on any atom is 0.401 e. The van der Waals surface area contributed by atoms with E-state index in [2.05, 4.69) is 15.6 Å². The minimum Gasteiger partial charge on any atom is -0.357 e. The molecule has 0 saturated heterocycles. The summed E-state index contributed by atoms with van der Waals surface area (Å²) >= 11 is 5.82. The number of nitrogens with one attached hydrogen (secondary N) is 2. The van der Waals surface area contributed by atoms with Crippen LogP contribution in [0.1, 0.15) is 12.5 Å². The fourth-order valence-corrected chi connectivity index (χ4v) is 1.98. The summed E-state index contributed by atoms with van der Waals surface area (Å²) in [6.45, 7) is 2.78. The lowest BCUT2D eigenvalue weighted by Gasteiger charge is -2.19. The first-order valence-electron chi connectivity index (χ1n) is 7.32. The predicted molar refractivity (Wildman–Crippen MR) is 87.8 cm³/mol. The van der Waals surface area contributed by atoms with Crippen LogP contribution in [0.3, 0.4) is 0 Å². The van der Waals surface area contributed by atoms with Crippen molar-refractivity contribution in [3.8, 4) is 0 Å². The molecule has 0 aliphatic carbocycles. The van der Waals surface area contributed by atoms with E-state index < -0.39 is 12.7 Å². The van der Waals surface area contributed by atoms with Crippen molar-refractivity contribution >= 4 is 17.6 Å². The van der Waals surface area contributed by atoms with E-state index in [-0.39, 0.29) is 6.54 Å². The standard InChI is InChI=1S/C15H22ClF3N4/c1-3-20-14(21-8-9-23(2)11-15(17,18)19)22-10-12-4-6-13(16)7-5-12/h4-7H,3,8-11H2,1-2H3,(H2,20,21,22). The third-order valence-corrected chi connectivity index (χ3v) is 3.16. The molecule has 0 spiro atoms. The van der Waals surface area contributed by atoms with Gasteiger partial charge in [0.05, 0.1) is 13.1 Å². The average Bonchev–Trinajstić information content (AvgIpc) is 2.44. The van der Waals surface area contributed by atoms with Crippen molar-refractivity contribution in [3.63, 3.8) is 0 Å². The fourth-order valence-electron chi connectivity index (χ4n) is 1.85. The van der Waals surface area contributed by atoms with E-state index in [1.165, 1.54) is 11.9 Å². The van der Waals surface area contributed by atoms with E-state index in [0.29, 0.717) is 30.6 Å². The quantitative estimate of drug-likeness (QED) is 0.587. The van der Waals surface area contributed by atoms with Gasteiger partial charge in [-0.05, 0) is 31.7 Å². The topological polar surface area (TPSA) is 39.7 Å². The number of guanidine groups is 1. The van der Waals surface area contributed by atoms with Gasteiger partial charge in [-0.15, -0.1) is 0 Å². The van der Waals surface area contributed by atoms with Crippen LogP contribution < -0.4 is 10.6 Å². The van der Waals surface area contributed by atoms with Gasteiger partial charge in [-0.3, -0.25) is 4.90 Å². The number of likely N-dealkylation sites (N-methyl/N-ethyl adjacent to an activating group) is 1. The van der Waals surface area contributed by atoms with Gasteiger partial charge in [-0.25, -0.2) is 4.99 Å². The first kappa shape index (κ1) is 19.6. The second-order valence-electron chi connectivity index (χ2n) is 5.10. The van der Waals surface area contributed by atoms with Gasteiger partial charge < -0.3 is 10.6 Å². The molecule has 0 fully saturated rings. The highest BCUT2D eigenvalue weighted by molar-refractivity contribution is 6.30. The van der Waals surface area contributed by atoms with Crippen LogP contribution in [-0.4, -0.2) is 50.3 Å². The van der Waals surface area contributed by atoms with E-state index >= 15 is 0 Å². The molecule has 0 bridgehead atoms. The maximum absolute atomic E-state index is 12.2. The lowest BCUT2D eigenvalue weighted by Crippen LogP contribution is -2.42. The van der Waals surface area contributed by atoms with Crippen LogP contribution in [0.4, 0.5) is 13.2 Å². The summed E-state index contributed by atoms with van der Waals surface area (Å²) in [6, 6.07) is 7.34. The molecule has 0 atom stereocenters. The molecular formula is C15H22ClF3N4. The monoisotopic (exact) mass is 350 g/mol. The van der Waals surface area contributed by atoms with Crippen molar-refractivity contribution in [2.45, 2.75) is 19.6 Å². The second-order valence-corrected chi connectivity index (χ2v) is 5.54.